The van der Waals surface area contributed by atoms with E-state index in [1.165, 1.54) is 5.56 Å². The van der Waals surface area contributed by atoms with E-state index < -0.39 is 12.2 Å². The van der Waals surface area contributed by atoms with Gasteiger partial charge in [-0.25, -0.2) is 19.6 Å². The highest BCUT2D eigenvalue weighted by atomic mass is 16.4. The topological polar surface area (TPSA) is 200 Å². The number of aromatic nitrogens is 4. The van der Waals surface area contributed by atoms with Gasteiger partial charge < -0.3 is 34.9 Å². The number of hydrogen-bond acceptors (Lipinski definition) is 7. The summed E-state index contributed by atoms with van der Waals surface area (Å²) in [7, 11) is 0. The number of allylic oxidation sites excluding steroid dienone is 2. The monoisotopic (exact) mass is 855 g/mol. The van der Waals surface area contributed by atoms with Crippen molar-refractivity contribution in [2.75, 3.05) is 18.0 Å². The fraction of sp³-hybridized carbons (Fsp3) is 0.417. The number of likely N-dealkylation sites (tertiary alicyclic amines) is 2. The molecule has 63 heavy (non-hydrogen) atoms. The largest absolute Gasteiger partial charge is 0.465 e. The highest BCUT2D eigenvalue weighted by Crippen LogP contribution is 2.48. The van der Waals surface area contributed by atoms with Gasteiger partial charge in [0.15, 0.2) is 0 Å². The number of rotatable bonds is 9. The number of anilines is 1. The number of amides is 4. The van der Waals surface area contributed by atoms with Gasteiger partial charge in [-0.2, -0.15) is 0 Å². The van der Waals surface area contributed by atoms with E-state index in [9.17, 15) is 29.4 Å². The van der Waals surface area contributed by atoms with Crippen molar-refractivity contribution in [2.24, 2.45) is 0 Å². The molecule has 5 heterocycles. The molecule has 3 aliphatic rings. The van der Waals surface area contributed by atoms with Gasteiger partial charge in [0.1, 0.15) is 23.0 Å². The van der Waals surface area contributed by atoms with Crippen LogP contribution < -0.4 is 15.5 Å². The maximum atomic E-state index is 13.6. The van der Waals surface area contributed by atoms with E-state index in [1.54, 1.807) is 37.5 Å². The van der Waals surface area contributed by atoms with E-state index in [2.05, 4.69) is 94.8 Å². The SMILES string of the molecule is CC(C)=C(NC(=O)O)C(=O)N1CCC[C@H]1c1nc2ccc([C@@H]3CC[C@@H](c4ccc5nc([C@@H]6CCCN6C(=O)C(NC(=O)O)=C(C)C)[nH]c5c4)N3c3ccc(C(C)(C)C)cc3)cc2[nH]1. The zero-order valence-corrected chi connectivity index (χ0v) is 37.0. The molecule has 3 aliphatic heterocycles. The van der Waals surface area contributed by atoms with Crippen LogP contribution in [0.3, 0.4) is 0 Å². The second-order valence-electron chi connectivity index (χ2n) is 18.5. The van der Waals surface area contributed by atoms with Crippen LogP contribution >= 0.6 is 0 Å². The molecule has 0 bridgehead atoms. The molecule has 0 saturated carbocycles. The van der Waals surface area contributed by atoms with Crippen molar-refractivity contribution in [1.29, 1.82) is 0 Å². The van der Waals surface area contributed by atoms with Crippen molar-refractivity contribution in [2.45, 2.75) is 117 Å². The second-order valence-corrected chi connectivity index (χ2v) is 18.5. The van der Waals surface area contributed by atoms with Crippen LogP contribution in [-0.2, 0) is 15.0 Å². The minimum atomic E-state index is -1.27. The van der Waals surface area contributed by atoms with Gasteiger partial charge in [-0.05, 0) is 136 Å². The van der Waals surface area contributed by atoms with Gasteiger partial charge >= 0.3 is 12.2 Å². The lowest BCUT2D eigenvalue weighted by atomic mass is 9.87. The molecule has 5 aromatic rings. The Kier molecular flexibility index (Phi) is 11.5. The Hall–Kier alpha value is -6.64. The third-order valence-electron chi connectivity index (χ3n) is 12.8. The third kappa shape index (κ3) is 8.48. The molecular weight excluding hydrogens is 799 g/mol. The summed E-state index contributed by atoms with van der Waals surface area (Å²) < 4.78 is 0. The number of carbonyl (C=O) groups is 4. The van der Waals surface area contributed by atoms with Crippen LogP contribution in [0.5, 0.6) is 0 Å². The van der Waals surface area contributed by atoms with Gasteiger partial charge in [0, 0.05) is 18.8 Å². The smallest absolute Gasteiger partial charge is 0.409 e. The number of H-pyrrole nitrogens is 2. The van der Waals surface area contributed by atoms with E-state index in [4.69, 9.17) is 9.97 Å². The second kappa shape index (κ2) is 16.9. The molecule has 3 fully saturated rings. The Labute approximate surface area is 366 Å². The zero-order valence-electron chi connectivity index (χ0n) is 37.0. The quantitative estimate of drug-likeness (QED) is 0.0782. The van der Waals surface area contributed by atoms with Crippen molar-refractivity contribution >= 4 is 51.8 Å². The molecule has 3 saturated heterocycles. The van der Waals surface area contributed by atoms with E-state index in [0.29, 0.717) is 48.7 Å². The number of fused-ring (bicyclic) bond motifs is 2. The molecular formula is C48H57N9O6. The Balaban J connectivity index is 1.10. The van der Waals surface area contributed by atoms with Crippen LogP contribution in [0.2, 0.25) is 0 Å². The van der Waals surface area contributed by atoms with Crippen LogP contribution in [0.1, 0.15) is 139 Å². The number of hydrogen-bond donors (Lipinski definition) is 6. The van der Waals surface area contributed by atoms with Crippen molar-refractivity contribution in [3.05, 3.63) is 112 Å². The van der Waals surface area contributed by atoms with Crippen LogP contribution in [0.4, 0.5) is 15.3 Å². The molecule has 330 valence electrons. The summed E-state index contributed by atoms with van der Waals surface area (Å²) in [5.74, 6) is 0.661. The highest BCUT2D eigenvalue weighted by molar-refractivity contribution is 5.98. The number of carbonyl (C=O) groups excluding carboxylic acids is 2. The number of aromatic amines is 2. The van der Waals surface area contributed by atoms with E-state index >= 15 is 0 Å². The first-order chi connectivity index (χ1) is 30.0. The summed E-state index contributed by atoms with van der Waals surface area (Å²) in [5.41, 5.74) is 9.33. The van der Waals surface area contributed by atoms with Gasteiger partial charge in [0.05, 0.1) is 46.2 Å². The number of nitrogens with zero attached hydrogens (tertiary/aromatic N) is 5. The van der Waals surface area contributed by atoms with Crippen molar-refractivity contribution in [3.8, 4) is 0 Å². The summed E-state index contributed by atoms with van der Waals surface area (Å²) in [6.07, 6.45) is 2.23. The zero-order chi connectivity index (χ0) is 44.9. The Morgan fingerprint density at radius 2 is 1.05 bits per heavy atom. The molecule has 15 heteroatoms. The molecule has 6 N–H and O–H groups in total. The molecule has 4 amide bonds. The van der Waals surface area contributed by atoms with Gasteiger partial charge in [-0.1, -0.05) is 45.0 Å². The number of carboxylic acid groups (broad SMARTS) is 2. The molecule has 0 spiro atoms. The Bertz CT molecular complexity index is 2510. The maximum Gasteiger partial charge on any atom is 0.409 e. The van der Waals surface area contributed by atoms with Gasteiger partial charge in [-0.3, -0.25) is 20.2 Å². The van der Waals surface area contributed by atoms with Gasteiger partial charge in [0.2, 0.25) is 0 Å². The van der Waals surface area contributed by atoms with Crippen LogP contribution in [0, 0.1) is 0 Å². The average molecular weight is 856 g/mol. The minimum absolute atomic E-state index is 0.00588. The van der Waals surface area contributed by atoms with Crippen molar-refractivity contribution in [1.82, 2.24) is 40.4 Å². The lowest BCUT2D eigenvalue weighted by Gasteiger charge is -2.34. The Morgan fingerprint density at radius 3 is 1.43 bits per heavy atom. The predicted octanol–water partition coefficient (Wildman–Crippen LogP) is 9.27. The van der Waals surface area contributed by atoms with Crippen molar-refractivity contribution in [3.63, 3.8) is 0 Å². The number of nitrogens with one attached hydrogen (secondary N) is 4. The summed E-state index contributed by atoms with van der Waals surface area (Å²) in [5, 5.41) is 23.4. The fourth-order valence-corrected chi connectivity index (χ4v) is 9.66. The first kappa shape index (κ1) is 43.0. The molecule has 3 aromatic carbocycles. The summed E-state index contributed by atoms with van der Waals surface area (Å²) in [6.45, 7) is 14.5. The van der Waals surface area contributed by atoms with Crippen molar-refractivity contribution < 1.29 is 29.4 Å². The van der Waals surface area contributed by atoms with Crippen LogP contribution in [0.15, 0.2) is 83.2 Å². The fourth-order valence-electron chi connectivity index (χ4n) is 9.66. The summed E-state index contributed by atoms with van der Waals surface area (Å²) in [4.78, 5) is 73.3. The summed E-state index contributed by atoms with van der Waals surface area (Å²) in [6, 6.07) is 21.1. The molecule has 4 atom stereocenters. The molecule has 0 aliphatic carbocycles. The predicted molar refractivity (Wildman–Crippen MR) is 241 cm³/mol. The molecule has 8 rings (SSSR count). The highest BCUT2D eigenvalue weighted by Gasteiger charge is 2.39. The van der Waals surface area contributed by atoms with Crippen LogP contribution in [0.25, 0.3) is 22.1 Å². The molecule has 0 unspecified atom stereocenters. The average Bonchev–Trinajstić information content (AvgIpc) is 4.08. The van der Waals surface area contributed by atoms with E-state index in [1.807, 2.05) is 12.1 Å². The Morgan fingerprint density at radius 1 is 0.619 bits per heavy atom. The number of imidazole rings is 2. The number of benzene rings is 3. The molecule has 0 radical (unpaired) electrons. The first-order valence-electron chi connectivity index (χ1n) is 21.8. The summed E-state index contributed by atoms with van der Waals surface area (Å²) >= 11 is 0. The van der Waals surface area contributed by atoms with Gasteiger partial charge in [0.25, 0.3) is 11.8 Å². The third-order valence-corrected chi connectivity index (χ3v) is 12.8. The lowest BCUT2D eigenvalue weighted by molar-refractivity contribution is -0.129. The first-order valence-corrected chi connectivity index (χ1v) is 21.8. The minimum Gasteiger partial charge on any atom is -0.465 e. The van der Waals surface area contributed by atoms with E-state index in [-0.39, 0.29) is 52.8 Å². The normalized spacial score (nSPS) is 20.1. The van der Waals surface area contributed by atoms with Crippen LogP contribution in [-0.4, -0.2) is 77.0 Å². The lowest BCUT2D eigenvalue weighted by Crippen LogP contribution is -2.38. The van der Waals surface area contributed by atoms with E-state index in [0.717, 1.165) is 64.6 Å². The molecule has 2 aromatic heterocycles. The van der Waals surface area contributed by atoms with Gasteiger partial charge in [-0.15, -0.1) is 0 Å². The standard InChI is InChI=1S/C48H57N9O6/c1-26(2)40(53-46(60)61)44(58)55-22-8-10-38(55)42-49-32-18-12-28(24-34(32)51-42)36-20-21-37(57(36)31-16-14-30(15-17-31)48(5,6)7)29-13-19-33-35(25-29)52-43(50-33)39-11-9-23-56(39)45(59)41(27(3)4)54-47(62)63/h12-19,24-25,36-39,53-54H,8-11,20-23H2,1-7H3,(H,49,51)(H,50,52)(H,60,61)(H,62,63)/t36-,37-,38-,39-/m0/s1. The maximum absolute atomic E-state index is 13.6. The molecule has 15 nitrogen and oxygen atoms in total.